The Kier molecular flexibility index (Phi) is 2.19. The topological polar surface area (TPSA) is 87.6 Å². The maximum absolute atomic E-state index is 11.8. The van der Waals surface area contributed by atoms with Gasteiger partial charge < -0.3 is 5.11 Å². The Morgan fingerprint density at radius 3 is 2.56 bits per heavy atom. The highest BCUT2D eigenvalue weighted by atomic mass is 16.4. The van der Waals surface area contributed by atoms with Gasteiger partial charge in [0.05, 0.1) is 11.1 Å². The number of aromatic nitrogens is 1. The second kappa shape index (κ2) is 3.41. The third-order valence-electron chi connectivity index (χ3n) is 2.46. The summed E-state index contributed by atoms with van der Waals surface area (Å²) in [5, 5.41) is 8.80. The molecule has 2 rings (SSSR count). The first-order valence-corrected chi connectivity index (χ1v) is 4.58. The van der Waals surface area contributed by atoms with Crippen molar-refractivity contribution in [3.8, 4) is 0 Å². The zero-order valence-corrected chi connectivity index (χ0v) is 8.38. The zero-order chi connectivity index (χ0) is 11.9. The molecule has 0 radical (unpaired) electrons. The van der Waals surface area contributed by atoms with Crippen LogP contribution < -0.4 is 0 Å². The molecule has 0 saturated heterocycles. The van der Waals surface area contributed by atoms with Crippen LogP contribution >= 0.6 is 0 Å². The predicted molar refractivity (Wildman–Crippen MR) is 51.8 cm³/mol. The highest BCUT2D eigenvalue weighted by Crippen LogP contribution is 2.23. The monoisotopic (exact) mass is 220 g/mol. The Labute approximate surface area is 90.5 Å². The van der Waals surface area contributed by atoms with Crippen LogP contribution in [0.4, 0.5) is 0 Å². The van der Waals surface area contributed by atoms with E-state index in [9.17, 15) is 14.4 Å². The van der Waals surface area contributed by atoms with Gasteiger partial charge in [-0.1, -0.05) is 0 Å². The van der Waals surface area contributed by atoms with Gasteiger partial charge in [0, 0.05) is 12.4 Å². The van der Waals surface area contributed by atoms with E-state index in [0.29, 0.717) is 0 Å². The molecule has 0 saturated carbocycles. The Bertz CT molecular complexity index is 462. The van der Waals surface area contributed by atoms with Gasteiger partial charge in [0.2, 0.25) is 0 Å². The molecule has 0 bridgehead atoms. The maximum Gasteiger partial charge on any atom is 0.326 e. The van der Waals surface area contributed by atoms with Crippen molar-refractivity contribution in [3.05, 3.63) is 29.6 Å². The Hall–Kier alpha value is -2.24. The number of hydrogen-bond donors (Lipinski definition) is 1. The average molecular weight is 220 g/mol. The molecule has 1 aromatic heterocycles. The first-order chi connectivity index (χ1) is 7.54. The fourth-order valence-electron chi connectivity index (χ4n) is 1.57. The third-order valence-corrected chi connectivity index (χ3v) is 2.46. The van der Waals surface area contributed by atoms with Gasteiger partial charge in [-0.25, -0.2) is 4.79 Å². The highest BCUT2D eigenvalue weighted by molar-refractivity contribution is 6.22. The van der Waals surface area contributed by atoms with Gasteiger partial charge in [0.1, 0.15) is 6.04 Å². The van der Waals surface area contributed by atoms with Crippen LogP contribution in [0.2, 0.25) is 0 Å². The summed E-state index contributed by atoms with van der Waals surface area (Å²) in [6.45, 7) is 1.29. The van der Waals surface area contributed by atoms with Crippen LogP contribution in [0.25, 0.3) is 0 Å². The molecule has 0 aliphatic carbocycles. The van der Waals surface area contributed by atoms with Crippen LogP contribution in [0.3, 0.4) is 0 Å². The number of rotatable bonds is 2. The number of nitrogens with zero attached hydrogens (tertiary/aromatic N) is 2. The minimum atomic E-state index is -1.22. The first-order valence-electron chi connectivity index (χ1n) is 4.58. The van der Waals surface area contributed by atoms with Gasteiger partial charge in [-0.15, -0.1) is 0 Å². The van der Waals surface area contributed by atoms with Crippen LogP contribution in [-0.4, -0.2) is 38.8 Å². The van der Waals surface area contributed by atoms with E-state index in [0.717, 1.165) is 4.90 Å². The third kappa shape index (κ3) is 1.27. The summed E-state index contributed by atoms with van der Waals surface area (Å²) in [7, 11) is 0. The molecule has 2 amide bonds. The lowest BCUT2D eigenvalue weighted by atomic mass is 10.2. The van der Waals surface area contributed by atoms with Crippen LogP contribution in [0.5, 0.6) is 0 Å². The van der Waals surface area contributed by atoms with Crippen molar-refractivity contribution >= 4 is 17.8 Å². The molecule has 1 unspecified atom stereocenters. The van der Waals surface area contributed by atoms with E-state index in [2.05, 4.69) is 4.98 Å². The first kappa shape index (κ1) is 10.3. The van der Waals surface area contributed by atoms with Crippen molar-refractivity contribution in [1.82, 2.24) is 9.88 Å². The molecule has 6 heteroatoms. The van der Waals surface area contributed by atoms with Crippen molar-refractivity contribution in [2.24, 2.45) is 0 Å². The van der Waals surface area contributed by atoms with Crippen molar-refractivity contribution in [3.63, 3.8) is 0 Å². The van der Waals surface area contributed by atoms with Crippen molar-refractivity contribution in [2.75, 3.05) is 0 Å². The van der Waals surface area contributed by atoms with Crippen LogP contribution in [0.1, 0.15) is 27.6 Å². The van der Waals surface area contributed by atoms with E-state index in [1.807, 2.05) is 0 Å². The molecule has 1 aromatic rings. The standard InChI is InChI=1S/C10H8N2O4/c1-5(10(15)16)12-8(13)6-2-3-11-4-7(6)9(12)14/h2-5H,1H3,(H,15,16). The smallest absolute Gasteiger partial charge is 0.326 e. The number of imide groups is 1. The fraction of sp³-hybridized carbons (Fsp3) is 0.200. The summed E-state index contributed by atoms with van der Waals surface area (Å²) in [6.07, 6.45) is 2.66. The van der Waals surface area contributed by atoms with Crippen molar-refractivity contribution in [1.29, 1.82) is 0 Å². The molecule has 1 N–H and O–H groups in total. The molecule has 1 aliphatic heterocycles. The molecule has 82 valence electrons. The fourth-order valence-corrected chi connectivity index (χ4v) is 1.57. The largest absolute Gasteiger partial charge is 0.480 e. The SMILES string of the molecule is CC(C(=O)O)N1C(=O)c2ccncc2C1=O. The minimum absolute atomic E-state index is 0.153. The normalized spacial score (nSPS) is 16.2. The van der Waals surface area contributed by atoms with Gasteiger partial charge >= 0.3 is 5.97 Å². The lowest BCUT2D eigenvalue weighted by Crippen LogP contribution is -2.42. The number of fused-ring (bicyclic) bond motifs is 1. The van der Waals surface area contributed by atoms with Crippen LogP contribution in [-0.2, 0) is 4.79 Å². The van der Waals surface area contributed by atoms with E-state index in [-0.39, 0.29) is 11.1 Å². The zero-order valence-electron chi connectivity index (χ0n) is 8.38. The lowest BCUT2D eigenvalue weighted by Gasteiger charge is -2.17. The van der Waals surface area contributed by atoms with E-state index in [4.69, 9.17) is 5.11 Å². The molecule has 0 aromatic carbocycles. The van der Waals surface area contributed by atoms with Crippen LogP contribution in [0.15, 0.2) is 18.5 Å². The number of carbonyl (C=O) groups excluding carboxylic acids is 2. The summed E-state index contributed by atoms with van der Waals surface area (Å²) >= 11 is 0. The summed E-state index contributed by atoms with van der Waals surface area (Å²) in [5.74, 6) is -2.41. The molecule has 6 nitrogen and oxygen atoms in total. The second-order valence-electron chi connectivity index (χ2n) is 3.42. The van der Waals surface area contributed by atoms with Crippen molar-refractivity contribution in [2.45, 2.75) is 13.0 Å². The van der Waals surface area contributed by atoms with Gasteiger partial charge in [-0.05, 0) is 13.0 Å². The molecular formula is C10H8N2O4. The molecule has 0 fully saturated rings. The van der Waals surface area contributed by atoms with Gasteiger partial charge in [-0.2, -0.15) is 0 Å². The van der Waals surface area contributed by atoms with E-state index < -0.39 is 23.8 Å². The molecule has 1 aliphatic rings. The number of carbonyl (C=O) groups is 3. The second-order valence-corrected chi connectivity index (χ2v) is 3.42. The minimum Gasteiger partial charge on any atom is -0.480 e. The Morgan fingerprint density at radius 2 is 2.00 bits per heavy atom. The number of carboxylic acids is 1. The Morgan fingerprint density at radius 1 is 1.38 bits per heavy atom. The summed E-state index contributed by atoms with van der Waals surface area (Å²) in [5.41, 5.74) is 0.355. The number of aliphatic carboxylic acids is 1. The summed E-state index contributed by atoms with van der Waals surface area (Å²) in [6, 6.07) is 0.233. The number of hydrogen-bond acceptors (Lipinski definition) is 4. The molecule has 1 atom stereocenters. The van der Waals surface area contributed by atoms with E-state index in [1.54, 1.807) is 0 Å². The highest BCUT2D eigenvalue weighted by Gasteiger charge is 2.40. The van der Waals surface area contributed by atoms with Gasteiger partial charge in [0.25, 0.3) is 11.8 Å². The Balaban J connectivity index is 2.46. The molecule has 2 heterocycles. The molecule has 0 spiro atoms. The number of pyridine rings is 1. The quantitative estimate of drug-likeness (QED) is 0.717. The molecule has 16 heavy (non-hydrogen) atoms. The van der Waals surface area contributed by atoms with E-state index in [1.165, 1.54) is 25.4 Å². The number of amides is 2. The van der Waals surface area contributed by atoms with Gasteiger partial charge in [0.15, 0.2) is 0 Å². The van der Waals surface area contributed by atoms with Crippen LogP contribution in [0, 0.1) is 0 Å². The predicted octanol–water partition coefficient (Wildman–Crippen LogP) is 0.151. The van der Waals surface area contributed by atoms with Gasteiger partial charge in [-0.3, -0.25) is 19.5 Å². The number of carboxylic acid groups (broad SMARTS) is 1. The average Bonchev–Trinajstić information content (AvgIpc) is 2.52. The lowest BCUT2D eigenvalue weighted by molar-refractivity contribution is -0.140. The molecular weight excluding hydrogens is 212 g/mol. The maximum atomic E-state index is 11.8. The van der Waals surface area contributed by atoms with E-state index >= 15 is 0 Å². The summed E-state index contributed by atoms with van der Waals surface area (Å²) < 4.78 is 0. The summed E-state index contributed by atoms with van der Waals surface area (Å²) in [4.78, 5) is 38.8. The van der Waals surface area contributed by atoms with Crippen molar-refractivity contribution < 1.29 is 19.5 Å².